The molecule has 0 aromatic heterocycles. The van der Waals surface area contributed by atoms with E-state index in [1.54, 1.807) is 6.92 Å². The van der Waals surface area contributed by atoms with Gasteiger partial charge in [-0.1, -0.05) is 6.92 Å². The average molecular weight is 361 g/mol. The Kier molecular flexibility index (Phi) is 5.12. The second kappa shape index (κ2) is 6.58. The van der Waals surface area contributed by atoms with Crippen molar-refractivity contribution in [3.05, 3.63) is 24.3 Å². The van der Waals surface area contributed by atoms with E-state index in [1.807, 2.05) is 0 Å². The number of nitrogens with zero attached hydrogens (tertiary/aromatic N) is 1. The van der Waals surface area contributed by atoms with Gasteiger partial charge in [-0.15, -0.1) is 0 Å². The third kappa shape index (κ3) is 3.56. The number of hydrogen-bond donors (Lipinski definition) is 1. The van der Waals surface area contributed by atoms with Crippen molar-refractivity contribution in [1.29, 1.82) is 0 Å². The summed E-state index contributed by atoms with van der Waals surface area (Å²) in [7, 11) is -7.37. The molecule has 1 saturated heterocycles. The van der Waals surface area contributed by atoms with Gasteiger partial charge in [0.15, 0.2) is 9.84 Å². The number of carboxylic acids is 1. The highest BCUT2D eigenvalue weighted by Gasteiger charge is 2.39. The molecule has 1 N–H and O–H groups in total. The lowest BCUT2D eigenvalue weighted by atomic mass is 10.2. The lowest BCUT2D eigenvalue weighted by Gasteiger charge is -2.21. The molecule has 0 aliphatic carbocycles. The zero-order valence-electron chi connectivity index (χ0n) is 12.7. The molecule has 1 aliphatic heterocycles. The maximum absolute atomic E-state index is 12.5. The molecular weight excluding hydrogens is 342 g/mol. The monoisotopic (exact) mass is 361 g/mol. The van der Waals surface area contributed by atoms with Gasteiger partial charge >= 0.3 is 5.97 Å². The van der Waals surface area contributed by atoms with Crippen molar-refractivity contribution in [2.45, 2.75) is 42.0 Å². The molecule has 2 rings (SSSR count). The molecule has 0 amide bonds. The summed E-state index contributed by atoms with van der Waals surface area (Å²) in [6.45, 7) is 1.89. The van der Waals surface area contributed by atoms with E-state index in [0.29, 0.717) is 12.8 Å². The highest BCUT2D eigenvalue weighted by Crippen LogP contribution is 2.27. The smallest absolute Gasteiger partial charge is 0.322 e. The van der Waals surface area contributed by atoms with Crippen LogP contribution in [-0.4, -0.2) is 50.6 Å². The molecule has 1 aliphatic rings. The summed E-state index contributed by atoms with van der Waals surface area (Å²) < 4.78 is 50.0. The number of sulfone groups is 1. The van der Waals surface area contributed by atoms with Gasteiger partial charge in [-0.25, -0.2) is 16.8 Å². The highest BCUT2D eigenvalue weighted by atomic mass is 32.2. The van der Waals surface area contributed by atoms with Gasteiger partial charge in [0.25, 0.3) is 0 Å². The number of carbonyl (C=O) groups is 1. The molecule has 0 bridgehead atoms. The molecule has 0 spiro atoms. The lowest BCUT2D eigenvalue weighted by molar-refractivity contribution is -0.140. The van der Waals surface area contributed by atoms with Crippen LogP contribution in [0.5, 0.6) is 0 Å². The number of hydrogen-bond acceptors (Lipinski definition) is 5. The maximum atomic E-state index is 12.5. The second-order valence-corrected chi connectivity index (χ2v) is 9.40. The molecule has 1 atom stereocenters. The fourth-order valence-electron chi connectivity index (χ4n) is 2.62. The van der Waals surface area contributed by atoms with Gasteiger partial charge in [0, 0.05) is 6.54 Å². The van der Waals surface area contributed by atoms with Crippen LogP contribution in [0.3, 0.4) is 0 Å². The Morgan fingerprint density at radius 1 is 1.17 bits per heavy atom. The first kappa shape index (κ1) is 17.9. The SMILES string of the molecule is CCCS(=O)(=O)c1ccc(S(=O)(=O)N2CCCC2C(=O)O)cc1. The molecule has 9 heteroatoms. The van der Waals surface area contributed by atoms with E-state index in [0.717, 1.165) is 4.31 Å². The van der Waals surface area contributed by atoms with Crippen molar-refractivity contribution in [3.63, 3.8) is 0 Å². The molecule has 1 fully saturated rings. The van der Waals surface area contributed by atoms with Crippen LogP contribution in [0.1, 0.15) is 26.2 Å². The van der Waals surface area contributed by atoms with E-state index in [2.05, 4.69) is 0 Å². The normalized spacial score (nSPS) is 19.8. The van der Waals surface area contributed by atoms with E-state index < -0.39 is 31.9 Å². The fourth-order valence-corrected chi connectivity index (χ4v) is 5.59. The average Bonchev–Trinajstić information content (AvgIpc) is 2.98. The first-order valence-corrected chi connectivity index (χ1v) is 10.4. The molecule has 0 radical (unpaired) electrons. The van der Waals surface area contributed by atoms with Gasteiger partial charge in [0.05, 0.1) is 15.5 Å². The van der Waals surface area contributed by atoms with Gasteiger partial charge in [0.1, 0.15) is 6.04 Å². The molecule has 1 unspecified atom stereocenters. The number of benzene rings is 1. The molecular formula is C14H19NO6S2. The van der Waals surface area contributed by atoms with E-state index in [4.69, 9.17) is 5.11 Å². The molecule has 7 nitrogen and oxygen atoms in total. The number of sulfonamides is 1. The van der Waals surface area contributed by atoms with E-state index in [-0.39, 0.29) is 28.5 Å². The van der Waals surface area contributed by atoms with Crippen molar-refractivity contribution in [3.8, 4) is 0 Å². The summed E-state index contributed by atoms with van der Waals surface area (Å²) in [6, 6.07) is 3.88. The number of rotatable bonds is 6. The topological polar surface area (TPSA) is 109 Å². The van der Waals surface area contributed by atoms with Crippen LogP contribution in [0.2, 0.25) is 0 Å². The largest absolute Gasteiger partial charge is 0.480 e. The van der Waals surface area contributed by atoms with Crippen molar-refractivity contribution in [1.82, 2.24) is 4.31 Å². The van der Waals surface area contributed by atoms with Crippen LogP contribution >= 0.6 is 0 Å². The number of aliphatic carboxylic acids is 1. The van der Waals surface area contributed by atoms with Crippen LogP contribution in [-0.2, 0) is 24.7 Å². The molecule has 1 aromatic rings. The molecule has 128 valence electrons. The minimum Gasteiger partial charge on any atom is -0.480 e. The first-order valence-electron chi connectivity index (χ1n) is 7.27. The Morgan fingerprint density at radius 2 is 1.74 bits per heavy atom. The molecule has 23 heavy (non-hydrogen) atoms. The maximum Gasteiger partial charge on any atom is 0.322 e. The highest BCUT2D eigenvalue weighted by molar-refractivity contribution is 7.91. The van der Waals surface area contributed by atoms with Crippen molar-refractivity contribution < 1.29 is 26.7 Å². The molecule has 0 saturated carbocycles. The number of carboxylic acid groups (broad SMARTS) is 1. The summed E-state index contributed by atoms with van der Waals surface area (Å²) >= 11 is 0. The van der Waals surface area contributed by atoms with Crippen LogP contribution in [0, 0.1) is 0 Å². The Labute approximate surface area is 135 Å². The second-order valence-electron chi connectivity index (χ2n) is 5.40. The van der Waals surface area contributed by atoms with E-state index in [9.17, 15) is 21.6 Å². The van der Waals surface area contributed by atoms with Crippen LogP contribution in [0.25, 0.3) is 0 Å². The zero-order chi connectivity index (χ0) is 17.3. The summed E-state index contributed by atoms with van der Waals surface area (Å²) in [5, 5.41) is 9.12. The standard InChI is InChI=1S/C14H19NO6S2/c1-2-10-22(18,19)11-5-7-12(8-6-11)23(20,21)15-9-3-4-13(15)14(16)17/h5-8,13H,2-4,9-10H2,1H3,(H,16,17). The van der Waals surface area contributed by atoms with Gasteiger partial charge < -0.3 is 5.11 Å². The third-order valence-corrected chi connectivity index (χ3v) is 7.61. The van der Waals surface area contributed by atoms with Gasteiger partial charge in [-0.05, 0) is 43.5 Å². The van der Waals surface area contributed by atoms with Crippen LogP contribution in [0.15, 0.2) is 34.1 Å². The lowest BCUT2D eigenvalue weighted by Crippen LogP contribution is -2.40. The fraction of sp³-hybridized carbons (Fsp3) is 0.500. The first-order chi connectivity index (χ1) is 10.7. The predicted molar refractivity (Wildman–Crippen MR) is 83.3 cm³/mol. The Balaban J connectivity index is 2.33. The summed E-state index contributed by atoms with van der Waals surface area (Å²) in [6.07, 6.45) is 1.23. The van der Waals surface area contributed by atoms with E-state index >= 15 is 0 Å². The molecule has 1 aromatic carbocycles. The quantitative estimate of drug-likeness (QED) is 0.813. The van der Waals surface area contributed by atoms with Crippen molar-refractivity contribution in [2.24, 2.45) is 0 Å². The van der Waals surface area contributed by atoms with Crippen LogP contribution < -0.4 is 0 Å². The third-order valence-electron chi connectivity index (χ3n) is 3.75. The van der Waals surface area contributed by atoms with Gasteiger partial charge in [-0.3, -0.25) is 4.79 Å². The minimum absolute atomic E-state index is 0.00763. The Hall–Kier alpha value is -1.45. The summed E-state index contributed by atoms with van der Waals surface area (Å²) in [5.74, 6) is -1.18. The summed E-state index contributed by atoms with van der Waals surface area (Å²) in [4.78, 5) is 11.1. The van der Waals surface area contributed by atoms with Crippen molar-refractivity contribution >= 4 is 25.8 Å². The van der Waals surface area contributed by atoms with Crippen molar-refractivity contribution in [2.75, 3.05) is 12.3 Å². The Morgan fingerprint density at radius 3 is 2.26 bits per heavy atom. The van der Waals surface area contributed by atoms with Gasteiger partial charge in [0.2, 0.25) is 10.0 Å². The Bertz CT molecular complexity index is 783. The van der Waals surface area contributed by atoms with Gasteiger partial charge in [-0.2, -0.15) is 4.31 Å². The molecule has 1 heterocycles. The minimum atomic E-state index is -3.95. The predicted octanol–water partition coefficient (Wildman–Crippen LogP) is 1.11. The van der Waals surface area contributed by atoms with E-state index in [1.165, 1.54) is 24.3 Å². The summed E-state index contributed by atoms with van der Waals surface area (Å²) in [5.41, 5.74) is 0. The zero-order valence-corrected chi connectivity index (χ0v) is 14.3. The van der Waals surface area contributed by atoms with Crippen LogP contribution in [0.4, 0.5) is 0 Å².